The third-order valence-electron chi connectivity index (χ3n) is 3.19. The van der Waals surface area contributed by atoms with E-state index in [4.69, 9.17) is 5.11 Å². The highest BCUT2D eigenvalue weighted by molar-refractivity contribution is 9.10. The molecule has 22 heavy (non-hydrogen) atoms. The van der Waals surface area contributed by atoms with Gasteiger partial charge in [0.05, 0.1) is 34.7 Å². The van der Waals surface area contributed by atoms with E-state index in [2.05, 4.69) is 26.1 Å². The lowest BCUT2D eigenvalue weighted by Gasteiger charge is -2.18. The number of likely N-dealkylation sites (N-methyl/N-ethyl adjacent to an activating group) is 1. The first-order valence-corrected chi connectivity index (χ1v) is 7.41. The summed E-state index contributed by atoms with van der Waals surface area (Å²) in [6.45, 7) is 3.08. The lowest BCUT2D eigenvalue weighted by atomic mass is 10.3. The molecule has 0 spiro atoms. The van der Waals surface area contributed by atoms with Crippen LogP contribution < -0.4 is 0 Å². The standard InChI is InChI=1S/C13H16BrN5O3/c1-3-19-11(10(14)5-16-19)7-17(2)12(20)8-18-6-9(4-15-18)13(21)22/h4-6H,3,7-8H2,1-2H3,(H,21,22). The van der Waals surface area contributed by atoms with E-state index in [9.17, 15) is 9.59 Å². The molecule has 1 amide bonds. The fourth-order valence-electron chi connectivity index (χ4n) is 1.95. The van der Waals surface area contributed by atoms with Crippen LogP contribution in [0.4, 0.5) is 0 Å². The smallest absolute Gasteiger partial charge is 0.338 e. The SMILES string of the molecule is CCn1ncc(Br)c1CN(C)C(=O)Cn1cc(C(=O)O)cn1. The van der Waals surface area contributed by atoms with Crippen LogP contribution in [0.3, 0.4) is 0 Å². The minimum atomic E-state index is -1.07. The Bertz CT molecular complexity index is 694. The van der Waals surface area contributed by atoms with E-state index in [1.165, 1.54) is 17.1 Å². The second kappa shape index (κ2) is 6.73. The van der Waals surface area contributed by atoms with Gasteiger partial charge in [0.25, 0.3) is 0 Å². The number of carboxylic acid groups (broad SMARTS) is 1. The van der Waals surface area contributed by atoms with Gasteiger partial charge in [-0.3, -0.25) is 14.2 Å². The summed E-state index contributed by atoms with van der Waals surface area (Å²) in [4.78, 5) is 24.5. The number of nitrogens with zero attached hydrogens (tertiary/aromatic N) is 5. The van der Waals surface area contributed by atoms with Crippen molar-refractivity contribution in [3.8, 4) is 0 Å². The quantitative estimate of drug-likeness (QED) is 0.825. The molecule has 0 atom stereocenters. The lowest BCUT2D eigenvalue weighted by molar-refractivity contribution is -0.131. The van der Waals surface area contributed by atoms with Gasteiger partial charge in [-0.05, 0) is 22.9 Å². The number of rotatable bonds is 6. The van der Waals surface area contributed by atoms with E-state index in [-0.39, 0.29) is 18.0 Å². The van der Waals surface area contributed by atoms with Crippen molar-refractivity contribution in [3.63, 3.8) is 0 Å². The number of aromatic nitrogens is 4. The number of aromatic carboxylic acids is 1. The molecular formula is C13H16BrN5O3. The fraction of sp³-hybridized carbons (Fsp3) is 0.385. The molecule has 0 saturated carbocycles. The topological polar surface area (TPSA) is 93.2 Å². The van der Waals surface area contributed by atoms with Crippen molar-refractivity contribution in [2.75, 3.05) is 7.05 Å². The first-order valence-electron chi connectivity index (χ1n) is 6.62. The van der Waals surface area contributed by atoms with Crippen LogP contribution in [-0.4, -0.2) is 48.5 Å². The summed E-state index contributed by atoms with van der Waals surface area (Å²) in [5.74, 6) is -1.24. The maximum atomic E-state index is 12.2. The van der Waals surface area contributed by atoms with Gasteiger partial charge in [0, 0.05) is 19.8 Å². The molecule has 2 aromatic heterocycles. The summed E-state index contributed by atoms with van der Waals surface area (Å²) >= 11 is 3.42. The van der Waals surface area contributed by atoms with E-state index < -0.39 is 5.97 Å². The first kappa shape index (κ1) is 16.2. The normalized spacial score (nSPS) is 10.7. The van der Waals surface area contributed by atoms with E-state index in [0.717, 1.165) is 10.2 Å². The minimum Gasteiger partial charge on any atom is -0.478 e. The summed E-state index contributed by atoms with van der Waals surface area (Å²) in [6, 6.07) is 0. The number of hydrogen-bond acceptors (Lipinski definition) is 4. The monoisotopic (exact) mass is 369 g/mol. The highest BCUT2D eigenvalue weighted by atomic mass is 79.9. The van der Waals surface area contributed by atoms with E-state index in [1.807, 2.05) is 11.6 Å². The van der Waals surface area contributed by atoms with Crippen LogP contribution in [-0.2, 0) is 24.4 Å². The van der Waals surface area contributed by atoms with Gasteiger partial charge < -0.3 is 10.0 Å². The van der Waals surface area contributed by atoms with Gasteiger partial charge in [0.15, 0.2) is 0 Å². The molecule has 2 aromatic rings. The first-order chi connectivity index (χ1) is 10.4. The largest absolute Gasteiger partial charge is 0.478 e. The van der Waals surface area contributed by atoms with Crippen molar-refractivity contribution in [1.29, 1.82) is 0 Å². The molecule has 2 rings (SSSR count). The summed E-state index contributed by atoms with van der Waals surface area (Å²) in [5.41, 5.74) is 0.965. The number of carboxylic acids is 1. The Labute approximate surface area is 135 Å². The van der Waals surface area contributed by atoms with Gasteiger partial charge in [0.1, 0.15) is 6.54 Å². The number of hydrogen-bond donors (Lipinski definition) is 1. The van der Waals surface area contributed by atoms with Gasteiger partial charge in [-0.25, -0.2) is 4.79 Å². The van der Waals surface area contributed by atoms with Crippen LogP contribution in [0.15, 0.2) is 23.1 Å². The predicted octanol–water partition coefficient (Wildman–Crippen LogP) is 1.22. The number of halogens is 1. The molecule has 0 bridgehead atoms. The molecule has 2 heterocycles. The van der Waals surface area contributed by atoms with Crippen LogP contribution in [0.25, 0.3) is 0 Å². The van der Waals surface area contributed by atoms with Crippen molar-refractivity contribution in [1.82, 2.24) is 24.5 Å². The van der Waals surface area contributed by atoms with Crippen molar-refractivity contribution in [2.24, 2.45) is 0 Å². The van der Waals surface area contributed by atoms with Crippen molar-refractivity contribution >= 4 is 27.8 Å². The molecule has 0 aliphatic heterocycles. The molecule has 9 heteroatoms. The molecule has 0 unspecified atom stereocenters. The zero-order valence-corrected chi connectivity index (χ0v) is 13.8. The fourth-order valence-corrected chi connectivity index (χ4v) is 2.37. The second-order valence-corrected chi connectivity index (χ2v) is 5.59. The number of aryl methyl sites for hydroxylation is 1. The number of carbonyl (C=O) groups excluding carboxylic acids is 1. The zero-order valence-electron chi connectivity index (χ0n) is 12.2. The average molecular weight is 370 g/mol. The molecule has 8 nitrogen and oxygen atoms in total. The minimum absolute atomic E-state index is 0.0122. The molecular weight excluding hydrogens is 354 g/mol. The molecule has 0 aliphatic rings. The van der Waals surface area contributed by atoms with Crippen LogP contribution in [0.2, 0.25) is 0 Å². The summed E-state index contributed by atoms with van der Waals surface area (Å²) in [5, 5.41) is 16.9. The van der Waals surface area contributed by atoms with Gasteiger partial charge in [-0.15, -0.1) is 0 Å². The van der Waals surface area contributed by atoms with Crippen molar-refractivity contribution < 1.29 is 14.7 Å². The Balaban J connectivity index is 2.02. The Kier molecular flexibility index (Phi) is 4.96. The number of amides is 1. The van der Waals surface area contributed by atoms with Crippen LogP contribution in [0.1, 0.15) is 23.0 Å². The maximum Gasteiger partial charge on any atom is 0.338 e. The van der Waals surface area contributed by atoms with Gasteiger partial charge in [-0.2, -0.15) is 10.2 Å². The summed E-state index contributed by atoms with van der Waals surface area (Å²) in [7, 11) is 1.68. The predicted molar refractivity (Wildman–Crippen MR) is 81.3 cm³/mol. The highest BCUT2D eigenvalue weighted by Crippen LogP contribution is 2.17. The van der Waals surface area contributed by atoms with Gasteiger partial charge in [0.2, 0.25) is 5.91 Å². The molecule has 0 saturated heterocycles. The molecule has 0 aromatic carbocycles. The Morgan fingerprint density at radius 3 is 2.68 bits per heavy atom. The van der Waals surface area contributed by atoms with E-state index in [0.29, 0.717) is 13.1 Å². The van der Waals surface area contributed by atoms with Crippen LogP contribution >= 0.6 is 15.9 Å². The zero-order chi connectivity index (χ0) is 16.3. The summed E-state index contributed by atoms with van der Waals surface area (Å²) < 4.78 is 3.97. The maximum absolute atomic E-state index is 12.2. The molecule has 1 N–H and O–H groups in total. The van der Waals surface area contributed by atoms with Gasteiger partial charge >= 0.3 is 5.97 Å². The van der Waals surface area contributed by atoms with Crippen LogP contribution in [0.5, 0.6) is 0 Å². The third kappa shape index (κ3) is 3.53. The second-order valence-electron chi connectivity index (χ2n) is 4.74. The third-order valence-corrected chi connectivity index (χ3v) is 3.85. The Morgan fingerprint density at radius 1 is 1.36 bits per heavy atom. The lowest BCUT2D eigenvalue weighted by Crippen LogP contribution is -2.31. The molecule has 0 fully saturated rings. The van der Waals surface area contributed by atoms with Crippen molar-refractivity contribution in [2.45, 2.75) is 26.6 Å². The Hall–Kier alpha value is -2.16. The van der Waals surface area contributed by atoms with Gasteiger partial charge in [-0.1, -0.05) is 0 Å². The number of carbonyl (C=O) groups is 2. The van der Waals surface area contributed by atoms with Crippen molar-refractivity contribution in [3.05, 3.63) is 34.3 Å². The average Bonchev–Trinajstić information content (AvgIpc) is 3.07. The Morgan fingerprint density at radius 2 is 2.09 bits per heavy atom. The van der Waals surface area contributed by atoms with E-state index in [1.54, 1.807) is 18.1 Å². The van der Waals surface area contributed by atoms with Crippen LogP contribution in [0, 0.1) is 0 Å². The highest BCUT2D eigenvalue weighted by Gasteiger charge is 2.16. The van der Waals surface area contributed by atoms with E-state index >= 15 is 0 Å². The molecule has 0 radical (unpaired) electrons. The summed E-state index contributed by atoms with van der Waals surface area (Å²) in [6.07, 6.45) is 4.25. The molecule has 0 aliphatic carbocycles. The molecule has 118 valence electrons.